The van der Waals surface area contributed by atoms with E-state index >= 15 is 0 Å². The Morgan fingerprint density at radius 2 is 2.38 bits per heavy atom. The molecular formula is C9H17NO3. The highest BCUT2D eigenvalue weighted by atomic mass is 16.7. The van der Waals surface area contributed by atoms with Gasteiger partial charge in [-0.2, -0.15) is 0 Å². The van der Waals surface area contributed by atoms with E-state index in [1.807, 2.05) is 13.8 Å². The van der Waals surface area contributed by atoms with Gasteiger partial charge >= 0.3 is 0 Å². The molecule has 0 saturated carbocycles. The molecule has 0 aromatic heterocycles. The van der Waals surface area contributed by atoms with Crippen molar-refractivity contribution in [2.45, 2.75) is 38.7 Å². The van der Waals surface area contributed by atoms with Crippen LogP contribution in [0, 0.1) is 0 Å². The summed E-state index contributed by atoms with van der Waals surface area (Å²) in [4.78, 5) is 16.9. The van der Waals surface area contributed by atoms with E-state index < -0.39 is 0 Å². The Labute approximate surface area is 78.4 Å². The molecule has 0 aromatic carbocycles. The van der Waals surface area contributed by atoms with Crippen molar-refractivity contribution in [3.63, 3.8) is 0 Å². The Morgan fingerprint density at radius 3 is 2.85 bits per heavy atom. The first-order valence-corrected chi connectivity index (χ1v) is 4.71. The molecule has 4 nitrogen and oxygen atoms in total. The molecule has 0 spiro atoms. The number of carbonyl (C=O) groups excluding carboxylic acids is 1. The Kier molecular flexibility index (Phi) is 3.27. The molecule has 4 heteroatoms. The van der Waals surface area contributed by atoms with Gasteiger partial charge in [0.05, 0.1) is 13.0 Å². The highest BCUT2D eigenvalue weighted by Gasteiger charge is 2.39. The second kappa shape index (κ2) is 4.07. The van der Waals surface area contributed by atoms with Gasteiger partial charge in [-0.25, -0.2) is 5.06 Å². The van der Waals surface area contributed by atoms with Crippen LogP contribution in [0.5, 0.6) is 0 Å². The summed E-state index contributed by atoms with van der Waals surface area (Å²) < 4.78 is 0. The predicted octanol–water partition coefficient (Wildman–Crippen LogP) is 0.701. The number of hydrogen-bond donors (Lipinski definition) is 1. The van der Waals surface area contributed by atoms with Crippen molar-refractivity contribution in [2.24, 2.45) is 0 Å². The second-order valence-corrected chi connectivity index (χ2v) is 3.64. The summed E-state index contributed by atoms with van der Waals surface area (Å²) in [6, 6.07) is 0. The molecule has 13 heavy (non-hydrogen) atoms. The van der Waals surface area contributed by atoms with Crippen LogP contribution in [0.15, 0.2) is 0 Å². The molecule has 0 aromatic rings. The molecule has 1 aliphatic rings. The molecule has 1 unspecified atom stereocenters. The smallest absolute Gasteiger partial charge is 0.249 e. The molecule has 1 amide bonds. The first kappa shape index (κ1) is 10.5. The molecule has 1 heterocycles. The highest BCUT2D eigenvalue weighted by molar-refractivity contribution is 5.77. The van der Waals surface area contributed by atoms with Gasteiger partial charge in [-0.05, 0) is 19.8 Å². The highest BCUT2D eigenvalue weighted by Crippen LogP contribution is 2.29. The number of nitrogens with zero attached hydrogens (tertiary/aromatic N) is 1. The minimum absolute atomic E-state index is 0.0257. The monoisotopic (exact) mass is 187 g/mol. The van der Waals surface area contributed by atoms with Crippen molar-refractivity contribution in [1.82, 2.24) is 5.06 Å². The van der Waals surface area contributed by atoms with Crippen LogP contribution in [0.1, 0.15) is 33.1 Å². The number of carbonyl (C=O) groups is 1. The summed E-state index contributed by atoms with van der Waals surface area (Å²) in [5.41, 5.74) is -0.327. The largest absolute Gasteiger partial charge is 0.396 e. The average Bonchev–Trinajstić information content (AvgIpc) is 2.39. The van der Waals surface area contributed by atoms with Crippen molar-refractivity contribution < 1.29 is 14.7 Å². The second-order valence-electron chi connectivity index (χ2n) is 3.64. The lowest BCUT2D eigenvalue weighted by molar-refractivity contribution is -0.196. The average molecular weight is 187 g/mol. The van der Waals surface area contributed by atoms with Gasteiger partial charge in [-0.1, -0.05) is 6.92 Å². The third-order valence-electron chi connectivity index (χ3n) is 2.40. The van der Waals surface area contributed by atoms with E-state index in [9.17, 15) is 4.79 Å². The summed E-state index contributed by atoms with van der Waals surface area (Å²) in [5, 5.41) is 9.98. The fourth-order valence-corrected chi connectivity index (χ4v) is 1.33. The number of hydrogen-bond acceptors (Lipinski definition) is 3. The number of hydroxylamine groups is 2. The van der Waals surface area contributed by atoms with Gasteiger partial charge in [0.25, 0.3) is 0 Å². The Morgan fingerprint density at radius 1 is 1.69 bits per heavy atom. The van der Waals surface area contributed by atoms with Gasteiger partial charge in [0.1, 0.15) is 5.60 Å². The fourth-order valence-electron chi connectivity index (χ4n) is 1.33. The van der Waals surface area contributed by atoms with Crippen LogP contribution in [-0.2, 0) is 9.63 Å². The molecule has 0 bridgehead atoms. The number of aliphatic hydroxyl groups excluding tert-OH is 1. The van der Waals surface area contributed by atoms with Crippen LogP contribution in [-0.4, -0.2) is 34.8 Å². The van der Waals surface area contributed by atoms with E-state index in [4.69, 9.17) is 9.94 Å². The summed E-state index contributed by atoms with van der Waals surface area (Å²) >= 11 is 0. The number of aliphatic hydroxyl groups is 1. The Bertz CT molecular complexity index is 195. The first-order valence-electron chi connectivity index (χ1n) is 4.71. The lowest BCUT2D eigenvalue weighted by Crippen LogP contribution is -2.28. The van der Waals surface area contributed by atoms with E-state index in [1.165, 1.54) is 5.06 Å². The molecule has 1 rings (SSSR count). The molecule has 0 radical (unpaired) electrons. The molecule has 1 fully saturated rings. The van der Waals surface area contributed by atoms with Crippen molar-refractivity contribution >= 4 is 5.91 Å². The van der Waals surface area contributed by atoms with Crippen LogP contribution >= 0.6 is 0 Å². The maximum Gasteiger partial charge on any atom is 0.249 e. The molecule has 0 aliphatic carbocycles. The fraction of sp³-hybridized carbons (Fsp3) is 0.889. The summed E-state index contributed by atoms with van der Waals surface area (Å²) in [6.45, 7) is 4.52. The van der Waals surface area contributed by atoms with E-state index in [-0.39, 0.29) is 18.1 Å². The molecule has 1 atom stereocenters. The number of rotatable bonds is 4. The standard InChI is InChI=1S/C9H17NO3/c1-3-9(2)7-8(12)10(13-9)5-4-6-11/h11H,3-7H2,1-2H3. The first-order chi connectivity index (χ1) is 6.11. The van der Waals surface area contributed by atoms with Crippen LogP contribution in [0.2, 0.25) is 0 Å². The molecule has 1 aliphatic heterocycles. The Balaban J connectivity index is 2.46. The van der Waals surface area contributed by atoms with Gasteiger partial charge in [0, 0.05) is 6.61 Å². The quantitative estimate of drug-likeness (QED) is 0.705. The van der Waals surface area contributed by atoms with Crippen LogP contribution in [0.3, 0.4) is 0 Å². The van der Waals surface area contributed by atoms with Crippen LogP contribution < -0.4 is 0 Å². The predicted molar refractivity (Wildman–Crippen MR) is 47.8 cm³/mol. The van der Waals surface area contributed by atoms with Crippen molar-refractivity contribution in [3.05, 3.63) is 0 Å². The zero-order valence-corrected chi connectivity index (χ0v) is 8.25. The maximum atomic E-state index is 11.4. The van der Waals surface area contributed by atoms with Crippen LogP contribution in [0.4, 0.5) is 0 Å². The summed E-state index contributed by atoms with van der Waals surface area (Å²) in [7, 11) is 0. The topological polar surface area (TPSA) is 49.8 Å². The molecule has 1 saturated heterocycles. The van der Waals surface area contributed by atoms with Gasteiger partial charge in [0.15, 0.2) is 0 Å². The summed E-state index contributed by atoms with van der Waals surface area (Å²) in [6.07, 6.45) is 1.86. The van der Waals surface area contributed by atoms with Crippen molar-refractivity contribution in [3.8, 4) is 0 Å². The van der Waals surface area contributed by atoms with E-state index in [0.717, 1.165) is 6.42 Å². The minimum atomic E-state index is -0.327. The Hall–Kier alpha value is -0.610. The maximum absolute atomic E-state index is 11.4. The van der Waals surface area contributed by atoms with E-state index in [0.29, 0.717) is 19.4 Å². The lowest BCUT2D eigenvalue weighted by atomic mass is 10.0. The van der Waals surface area contributed by atoms with Gasteiger partial charge < -0.3 is 5.11 Å². The van der Waals surface area contributed by atoms with Crippen molar-refractivity contribution in [2.75, 3.05) is 13.2 Å². The molecule has 76 valence electrons. The zero-order valence-electron chi connectivity index (χ0n) is 8.25. The third kappa shape index (κ3) is 2.42. The van der Waals surface area contributed by atoms with Crippen molar-refractivity contribution in [1.29, 1.82) is 0 Å². The zero-order chi connectivity index (χ0) is 9.90. The minimum Gasteiger partial charge on any atom is -0.396 e. The normalized spacial score (nSPS) is 28.5. The summed E-state index contributed by atoms with van der Waals surface area (Å²) in [5.74, 6) is 0.0257. The number of amides is 1. The third-order valence-corrected chi connectivity index (χ3v) is 2.40. The van der Waals surface area contributed by atoms with Gasteiger partial charge in [0.2, 0.25) is 5.91 Å². The van der Waals surface area contributed by atoms with Gasteiger partial charge in [-0.3, -0.25) is 9.63 Å². The molecular weight excluding hydrogens is 170 g/mol. The van der Waals surface area contributed by atoms with E-state index in [1.54, 1.807) is 0 Å². The molecule has 1 N–H and O–H groups in total. The lowest BCUT2D eigenvalue weighted by Gasteiger charge is -2.22. The van der Waals surface area contributed by atoms with Gasteiger partial charge in [-0.15, -0.1) is 0 Å². The van der Waals surface area contributed by atoms with Crippen LogP contribution in [0.25, 0.3) is 0 Å². The SMILES string of the molecule is CCC1(C)CC(=O)N(CCCO)O1. The van der Waals surface area contributed by atoms with E-state index in [2.05, 4.69) is 0 Å².